The fourth-order valence-electron chi connectivity index (χ4n) is 3.35. The van der Waals surface area contributed by atoms with Crippen molar-refractivity contribution >= 4 is 17.6 Å². The van der Waals surface area contributed by atoms with Crippen molar-refractivity contribution in [2.75, 3.05) is 18.4 Å². The van der Waals surface area contributed by atoms with Crippen LogP contribution in [0.2, 0.25) is 0 Å². The third-order valence-electron chi connectivity index (χ3n) is 4.84. The number of rotatable bonds is 3. The average molecular weight is 288 g/mol. The largest absolute Gasteiger partial charge is 0.478 e. The molecule has 1 aliphatic carbocycles. The summed E-state index contributed by atoms with van der Waals surface area (Å²) >= 11 is 0. The van der Waals surface area contributed by atoms with E-state index in [1.807, 2.05) is 6.92 Å². The number of hydrogen-bond acceptors (Lipinski definition) is 3. The summed E-state index contributed by atoms with van der Waals surface area (Å²) in [5.41, 5.74) is 1.94. The van der Waals surface area contributed by atoms with Crippen LogP contribution in [-0.2, 0) is 4.79 Å². The van der Waals surface area contributed by atoms with Crippen molar-refractivity contribution in [2.24, 2.45) is 11.3 Å². The van der Waals surface area contributed by atoms with E-state index in [4.69, 9.17) is 5.11 Å². The summed E-state index contributed by atoms with van der Waals surface area (Å²) in [7, 11) is 0. The zero-order valence-corrected chi connectivity index (χ0v) is 12.1. The van der Waals surface area contributed by atoms with Crippen LogP contribution >= 0.6 is 0 Å². The highest BCUT2D eigenvalue weighted by Gasteiger charge is 2.57. The van der Waals surface area contributed by atoms with Gasteiger partial charge < -0.3 is 15.7 Å². The van der Waals surface area contributed by atoms with Crippen LogP contribution in [0.25, 0.3) is 0 Å². The second-order valence-electron chi connectivity index (χ2n) is 6.19. The first-order valence-electron chi connectivity index (χ1n) is 7.37. The summed E-state index contributed by atoms with van der Waals surface area (Å²) in [6.07, 6.45) is 3.12. The van der Waals surface area contributed by atoms with Crippen LogP contribution in [0, 0.1) is 18.3 Å². The van der Waals surface area contributed by atoms with Crippen LogP contribution in [-0.4, -0.2) is 30.1 Å². The molecule has 0 bridgehead atoms. The third-order valence-corrected chi connectivity index (χ3v) is 4.84. The average Bonchev–Trinajstić information content (AvgIpc) is 3.15. The molecule has 2 fully saturated rings. The Labute approximate surface area is 123 Å². The number of carboxylic acids is 1. The number of hydrogen-bond donors (Lipinski definition) is 3. The van der Waals surface area contributed by atoms with Crippen molar-refractivity contribution in [3.8, 4) is 0 Å². The van der Waals surface area contributed by atoms with Crippen molar-refractivity contribution in [1.82, 2.24) is 5.32 Å². The van der Waals surface area contributed by atoms with Crippen LogP contribution in [0.4, 0.5) is 5.69 Å². The molecule has 5 heteroatoms. The van der Waals surface area contributed by atoms with Crippen molar-refractivity contribution in [1.29, 1.82) is 0 Å². The number of aromatic carboxylic acids is 1. The Kier molecular flexibility index (Phi) is 3.45. The van der Waals surface area contributed by atoms with Crippen LogP contribution in [0.1, 0.15) is 35.2 Å². The zero-order valence-electron chi connectivity index (χ0n) is 12.1. The van der Waals surface area contributed by atoms with Gasteiger partial charge in [-0.3, -0.25) is 4.79 Å². The third kappa shape index (κ3) is 2.65. The number of piperidine rings is 1. The quantitative estimate of drug-likeness (QED) is 0.795. The van der Waals surface area contributed by atoms with Crippen molar-refractivity contribution < 1.29 is 14.7 Å². The molecular weight excluding hydrogens is 268 g/mol. The van der Waals surface area contributed by atoms with E-state index in [1.54, 1.807) is 12.1 Å². The predicted octanol–water partition coefficient (Wildman–Crippen LogP) is 2.02. The Morgan fingerprint density at radius 1 is 1.33 bits per heavy atom. The minimum Gasteiger partial charge on any atom is -0.478 e. The molecule has 3 N–H and O–H groups in total. The topological polar surface area (TPSA) is 78.4 Å². The number of carbonyl (C=O) groups is 2. The Bertz CT molecular complexity index is 591. The van der Waals surface area contributed by atoms with Gasteiger partial charge in [0.2, 0.25) is 5.91 Å². The van der Waals surface area contributed by atoms with Crippen molar-refractivity contribution in [3.63, 3.8) is 0 Å². The Morgan fingerprint density at radius 3 is 2.67 bits per heavy atom. The van der Waals surface area contributed by atoms with Crippen LogP contribution in [0.15, 0.2) is 18.2 Å². The number of nitrogens with one attached hydrogen (secondary N) is 2. The molecule has 1 atom stereocenters. The standard InChI is InChI=1S/C16H20N2O3/c1-10-8-11(15(20)21)2-3-13(10)18-14(19)12-9-16(12)4-6-17-7-5-16/h2-3,8,12,17H,4-7,9H2,1H3,(H,18,19)(H,20,21). The molecule has 2 aliphatic rings. The summed E-state index contributed by atoms with van der Waals surface area (Å²) in [5, 5.41) is 15.2. The molecule has 1 aromatic carbocycles. The lowest BCUT2D eigenvalue weighted by atomic mass is 9.91. The predicted molar refractivity (Wildman–Crippen MR) is 79.4 cm³/mol. The maximum atomic E-state index is 12.4. The van der Waals surface area contributed by atoms with Gasteiger partial charge in [0.05, 0.1) is 5.56 Å². The monoisotopic (exact) mass is 288 g/mol. The van der Waals surface area contributed by atoms with E-state index in [-0.39, 0.29) is 22.8 Å². The van der Waals surface area contributed by atoms with Gasteiger partial charge >= 0.3 is 5.97 Å². The number of benzene rings is 1. The Balaban J connectivity index is 1.67. The van der Waals surface area contributed by atoms with E-state index in [2.05, 4.69) is 10.6 Å². The van der Waals surface area contributed by atoms with Gasteiger partial charge in [-0.15, -0.1) is 0 Å². The van der Waals surface area contributed by atoms with Crippen molar-refractivity contribution in [3.05, 3.63) is 29.3 Å². The number of aryl methyl sites for hydroxylation is 1. The molecule has 5 nitrogen and oxygen atoms in total. The highest BCUT2D eigenvalue weighted by Crippen LogP contribution is 2.58. The summed E-state index contributed by atoms with van der Waals surface area (Å²) in [4.78, 5) is 23.3. The molecule has 1 saturated heterocycles. The molecule has 1 aliphatic heterocycles. The van der Waals surface area contributed by atoms with Crippen LogP contribution in [0.5, 0.6) is 0 Å². The Morgan fingerprint density at radius 2 is 2.05 bits per heavy atom. The van der Waals surface area contributed by atoms with Gasteiger partial charge in [-0.1, -0.05) is 0 Å². The fourth-order valence-corrected chi connectivity index (χ4v) is 3.35. The number of carboxylic acid groups (broad SMARTS) is 1. The molecule has 1 heterocycles. The SMILES string of the molecule is Cc1cc(C(=O)O)ccc1NC(=O)C1CC12CCNCC2. The number of anilines is 1. The lowest BCUT2D eigenvalue weighted by Crippen LogP contribution is -2.31. The molecule has 3 rings (SSSR count). The molecule has 1 amide bonds. The van der Waals surface area contributed by atoms with Gasteiger partial charge in [0.1, 0.15) is 0 Å². The fraction of sp³-hybridized carbons (Fsp3) is 0.500. The van der Waals surface area contributed by atoms with E-state index in [0.717, 1.165) is 37.9 Å². The maximum Gasteiger partial charge on any atom is 0.335 e. The van der Waals surface area contributed by atoms with Gasteiger partial charge in [-0.2, -0.15) is 0 Å². The molecule has 1 aromatic rings. The first-order valence-corrected chi connectivity index (χ1v) is 7.37. The summed E-state index contributed by atoms with van der Waals surface area (Å²) in [5.74, 6) is -0.770. The number of amides is 1. The molecule has 0 aromatic heterocycles. The molecule has 21 heavy (non-hydrogen) atoms. The van der Waals surface area contributed by atoms with Gasteiger partial charge in [-0.05, 0) is 68.5 Å². The van der Waals surface area contributed by atoms with E-state index in [9.17, 15) is 9.59 Å². The highest BCUT2D eigenvalue weighted by atomic mass is 16.4. The van der Waals surface area contributed by atoms with E-state index in [0.29, 0.717) is 5.69 Å². The normalized spacial score (nSPS) is 22.8. The minimum atomic E-state index is -0.952. The molecular formula is C16H20N2O3. The Hall–Kier alpha value is -1.88. The summed E-state index contributed by atoms with van der Waals surface area (Å²) in [6.45, 7) is 3.81. The zero-order chi connectivity index (χ0) is 15.0. The summed E-state index contributed by atoms with van der Waals surface area (Å²) in [6, 6.07) is 4.79. The smallest absolute Gasteiger partial charge is 0.335 e. The van der Waals surface area contributed by atoms with Gasteiger partial charge in [0.25, 0.3) is 0 Å². The van der Waals surface area contributed by atoms with Crippen LogP contribution in [0.3, 0.4) is 0 Å². The lowest BCUT2D eigenvalue weighted by Gasteiger charge is -2.23. The van der Waals surface area contributed by atoms with Crippen LogP contribution < -0.4 is 10.6 Å². The highest BCUT2D eigenvalue weighted by molar-refractivity contribution is 5.96. The molecule has 1 spiro atoms. The molecule has 1 unspecified atom stereocenters. The lowest BCUT2D eigenvalue weighted by molar-refractivity contribution is -0.118. The second-order valence-corrected chi connectivity index (χ2v) is 6.19. The van der Waals surface area contributed by atoms with Crippen molar-refractivity contribution in [2.45, 2.75) is 26.2 Å². The second kappa shape index (κ2) is 5.15. The first kappa shape index (κ1) is 14.1. The van der Waals surface area contributed by atoms with E-state index in [1.165, 1.54) is 6.07 Å². The van der Waals surface area contributed by atoms with Gasteiger partial charge in [0, 0.05) is 11.6 Å². The number of carbonyl (C=O) groups excluding carboxylic acids is 1. The van der Waals surface area contributed by atoms with Gasteiger partial charge in [0.15, 0.2) is 0 Å². The molecule has 0 radical (unpaired) electrons. The summed E-state index contributed by atoms with van der Waals surface area (Å²) < 4.78 is 0. The van der Waals surface area contributed by atoms with E-state index < -0.39 is 5.97 Å². The minimum absolute atomic E-state index is 0.0723. The van der Waals surface area contributed by atoms with Gasteiger partial charge in [-0.25, -0.2) is 4.79 Å². The van der Waals surface area contributed by atoms with E-state index >= 15 is 0 Å². The molecule has 112 valence electrons. The first-order chi connectivity index (χ1) is 10.0. The maximum absolute atomic E-state index is 12.4. The molecule has 1 saturated carbocycles.